The molecule has 0 heterocycles. The molecule has 0 saturated carbocycles. The summed E-state index contributed by atoms with van der Waals surface area (Å²) in [7, 11) is 0. The van der Waals surface area contributed by atoms with Crippen LogP contribution in [0.3, 0.4) is 0 Å². The molecule has 162 valence electrons. The molecular weight excluding hydrogens is 400 g/mol. The molecule has 0 aromatic heterocycles. The maximum absolute atomic E-state index is 13.1. The molecule has 6 heteroatoms. The maximum Gasteiger partial charge on any atom is 0.261 e. The Morgan fingerprint density at radius 2 is 1.73 bits per heavy atom. The second-order valence-electron chi connectivity index (χ2n) is 8.62. The molecule has 30 heavy (non-hydrogen) atoms. The molecule has 0 radical (unpaired) electrons. The monoisotopic (exact) mass is 430 g/mol. The molecule has 1 N–H and O–H groups in total. The fourth-order valence-corrected chi connectivity index (χ4v) is 3.05. The fourth-order valence-electron chi connectivity index (χ4n) is 2.93. The summed E-state index contributed by atoms with van der Waals surface area (Å²) >= 11 is 5.98. The largest absolute Gasteiger partial charge is 0.483 e. The van der Waals surface area contributed by atoms with Crippen LogP contribution in [0.2, 0.25) is 5.02 Å². The van der Waals surface area contributed by atoms with Crippen molar-refractivity contribution in [2.24, 2.45) is 0 Å². The summed E-state index contributed by atoms with van der Waals surface area (Å²) in [5.41, 5.74) is 2.50. The normalized spacial score (nSPS) is 12.2. The van der Waals surface area contributed by atoms with E-state index in [9.17, 15) is 9.59 Å². The van der Waals surface area contributed by atoms with Crippen LogP contribution in [0.4, 0.5) is 0 Å². The minimum Gasteiger partial charge on any atom is -0.483 e. The number of nitrogens with one attached hydrogen (secondary N) is 1. The Labute approximate surface area is 184 Å². The van der Waals surface area contributed by atoms with E-state index in [1.165, 1.54) is 4.90 Å². The lowest BCUT2D eigenvalue weighted by Crippen LogP contribution is -2.53. The number of aryl methyl sites for hydroxylation is 2. The highest BCUT2D eigenvalue weighted by atomic mass is 35.5. The summed E-state index contributed by atoms with van der Waals surface area (Å²) in [5, 5.41) is 3.56. The Bertz CT molecular complexity index is 888. The van der Waals surface area contributed by atoms with Gasteiger partial charge in [0.1, 0.15) is 11.8 Å². The number of hydrogen-bond donors (Lipinski definition) is 1. The van der Waals surface area contributed by atoms with Gasteiger partial charge in [-0.3, -0.25) is 9.59 Å². The van der Waals surface area contributed by atoms with Crippen LogP contribution in [0, 0.1) is 13.8 Å². The molecule has 0 fully saturated rings. The number of benzene rings is 2. The van der Waals surface area contributed by atoms with Crippen molar-refractivity contribution < 1.29 is 14.3 Å². The van der Waals surface area contributed by atoms with E-state index >= 15 is 0 Å². The van der Waals surface area contributed by atoms with Crippen LogP contribution in [0.15, 0.2) is 42.5 Å². The van der Waals surface area contributed by atoms with Gasteiger partial charge in [0.25, 0.3) is 5.91 Å². The Morgan fingerprint density at radius 1 is 1.10 bits per heavy atom. The van der Waals surface area contributed by atoms with Gasteiger partial charge in [0.15, 0.2) is 6.61 Å². The Balaban J connectivity index is 2.20. The van der Waals surface area contributed by atoms with Gasteiger partial charge < -0.3 is 15.0 Å². The third-order valence-corrected chi connectivity index (χ3v) is 4.88. The first-order valence-corrected chi connectivity index (χ1v) is 10.4. The van der Waals surface area contributed by atoms with Gasteiger partial charge in [0.05, 0.1) is 0 Å². The number of carbonyl (C=O) groups excluding carboxylic acids is 2. The van der Waals surface area contributed by atoms with E-state index in [0.29, 0.717) is 10.8 Å². The average Bonchev–Trinajstić information content (AvgIpc) is 2.66. The number of hydrogen-bond acceptors (Lipinski definition) is 3. The Morgan fingerprint density at radius 3 is 2.33 bits per heavy atom. The van der Waals surface area contributed by atoms with Crippen molar-refractivity contribution in [2.75, 3.05) is 6.61 Å². The molecule has 1 atom stereocenters. The Kier molecular flexibility index (Phi) is 7.90. The molecule has 0 aliphatic rings. The summed E-state index contributed by atoms with van der Waals surface area (Å²) in [5.74, 6) is 0.195. The first-order chi connectivity index (χ1) is 14.0. The van der Waals surface area contributed by atoms with E-state index in [-0.39, 0.29) is 25.0 Å². The quantitative estimate of drug-likeness (QED) is 0.694. The highest BCUT2D eigenvalue weighted by Crippen LogP contribution is 2.20. The zero-order chi connectivity index (χ0) is 22.5. The molecule has 2 aromatic carbocycles. The third-order valence-electron chi connectivity index (χ3n) is 4.63. The molecule has 0 spiro atoms. The van der Waals surface area contributed by atoms with Gasteiger partial charge in [-0.15, -0.1) is 0 Å². The van der Waals surface area contributed by atoms with Crippen LogP contribution in [0.5, 0.6) is 5.75 Å². The van der Waals surface area contributed by atoms with Crippen LogP contribution in [-0.2, 0) is 16.1 Å². The predicted octanol–water partition coefficient (Wildman–Crippen LogP) is 4.67. The molecule has 0 bridgehead atoms. The van der Waals surface area contributed by atoms with E-state index in [4.69, 9.17) is 16.3 Å². The lowest BCUT2D eigenvalue weighted by molar-refractivity contribution is -0.142. The van der Waals surface area contributed by atoms with Gasteiger partial charge in [-0.2, -0.15) is 0 Å². The van der Waals surface area contributed by atoms with Gasteiger partial charge in [-0.05, 0) is 76.4 Å². The number of rotatable bonds is 7. The predicted molar refractivity (Wildman–Crippen MR) is 121 cm³/mol. The first-order valence-electron chi connectivity index (χ1n) is 10.0. The van der Waals surface area contributed by atoms with Crippen molar-refractivity contribution in [1.29, 1.82) is 0 Å². The number of nitrogens with zero attached hydrogens (tertiary/aromatic N) is 1. The number of amides is 2. The minimum atomic E-state index is -0.658. The van der Waals surface area contributed by atoms with Crippen LogP contribution in [0.25, 0.3) is 0 Å². The fraction of sp³-hybridized carbons (Fsp3) is 0.417. The van der Waals surface area contributed by atoms with Crippen LogP contribution in [-0.4, -0.2) is 34.9 Å². The number of ether oxygens (including phenoxy) is 1. The summed E-state index contributed by atoms with van der Waals surface area (Å²) in [6.45, 7) is 11.5. The van der Waals surface area contributed by atoms with Crippen molar-refractivity contribution in [1.82, 2.24) is 10.2 Å². The summed E-state index contributed by atoms with van der Waals surface area (Å²) in [6, 6.07) is 12.4. The lowest BCUT2D eigenvalue weighted by Gasteiger charge is -2.31. The van der Waals surface area contributed by atoms with E-state index in [2.05, 4.69) is 5.32 Å². The summed E-state index contributed by atoms with van der Waals surface area (Å²) in [4.78, 5) is 27.4. The smallest absolute Gasteiger partial charge is 0.261 e. The molecule has 0 unspecified atom stereocenters. The molecule has 2 aromatic rings. The van der Waals surface area contributed by atoms with E-state index in [1.807, 2.05) is 65.0 Å². The standard InChI is InChI=1S/C24H31ClN2O3/c1-16-7-8-17(2)21(13-16)30-15-22(28)27(14-19-9-11-20(25)12-10-19)18(3)23(29)26-24(4,5)6/h7-13,18H,14-15H2,1-6H3,(H,26,29)/t18-/m0/s1. The number of carbonyl (C=O) groups is 2. The van der Waals surface area contributed by atoms with E-state index in [1.54, 1.807) is 19.1 Å². The van der Waals surface area contributed by atoms with Gasteiger partial charge in [0, 0.05) is 17.1 Å². The van der Waals surface area contributed by atoms with E-state index < -0.39 is 11.6 Å². The lowest BCUT2D eigenvalue weighted by atomic mass is 10.1. The zero-order valence-electron chi connectivity index (χ0n) is 18.6. The topological polar surface area (TPSA) is 58.6 Å². The highest BCUT2D eigenvalue weighted by Gasteiger charge is 2.28. The zero-order valence-corrected chi connectivity index (χ0v) is 19.3. The second-order valence-corrected chi connectivity index (χ2v) is 9.06. The van der Waals surface area contributed by atoms with Crippen LogP contribution in [0.1, 0.15) is 44.4 Å². The van der Waals surface area contributed by atoms with E-state index in [0.717, 1.165) is 16.7 Å². The summed E-state index contributed by atoms with van der Waals surface area (Å²) in [6.07, 6.45) is 0. The van der Waals surface area contributed by atoms with Gasteiger partial charge >= 0.3 is 0 Å². The number of halogens is 1. The van der Waals surface area contributed by atoms with Gasteiger partial charge in [-0.1, -0.05) is 35.9 Å². The van der Waals surface area contributed by atoms with Gasteiger partial charge in [0.2, 0.25) is 5.91 Å². The molecule has 0 saturated heterocycles. The summed E-state index contributed by atoms with van der Waals surface area (Å²) < 4.78 is 5.80. The van der Waals surface area contributed by atoms with Crippen molar-refractivity contribution in [3.8, 4) is 5.75 Å². The first kappa shape index (κ1) is 23.7. The molecule has 5 nitrogen and oxygen atoms in total. The molecule has 0 aliphatic heterocycles. The Hall–Kier alpha value is -2.53. The molecule has 2 rings (SSSR count). The van der Waals surface area contributed by atoms with Crippen molar-refractivity contribution in [3.05, 3.63) is 64.2 Å². The van der Waals surface area contributed by atoms with Crippen molar-refractivity contribution >= 4 is 23.4 Å². The highest BCUT2D eigenvalue weighted by molar-refractivity contribution is 6.30. The second kappa shape index (κ2) is 9.98. The molecule has 0 aliphatic carbocycles. The maximum atomic E-state index is 13.1. The SMILES string of the molecule is Cc1ccc(C)c(OCC(=O)N(Cc2ccc(Cl)cc2)[C@@H](C)C(=O)NC(C)(C)C)c1. The van der Waals surface area contributed by atoms with Gasteiger partial charge in [-0.25, -0.2) is 0 Å². The third kappa shape index (κ3) is 7.06. The minimum absolute atomic E-state index is 0.148. The van der Waals surface area contributed by atoms with Crippen LogP contribution < -0.4 is 10.1 Å². The van der Waals surface area contributed by atoms with Crippen molar-refractivity contribution in [3.63, 3.8) is 0 Å². The molecule has 2 amide bonds. The van der Waals surface area contributed by atoms with Crippen molar-refractivity contribution in [2.45, 2.75) is 59.7 Å². The van der Waals surface area contributed by atoms with Crippen LogP contribution >= 0.6 is 11.6 Å². The molecular formula is C24H31ClN2O3. The average molecular weight is 431 g/mol.